The summed E-state index contributed by atoms with van der Waals surface area (Å²) in [5.41, 5.74) is 4.14. The van der Waals surface area contributed by atoms with Gasteiger partial charge in [0.05, 0.1) is 10.8 Å². The van der Waals surface area contributed by atoms with E-state index in [2.05, 4.69) is 5.32 Å². The first-order valence-electron chi connectivity index (χ1n) is 5.77. The predicted molar refractivity (Wildman–Crippen MR) is 70.0 cm³/mol. The van der Waals surface area contributed by atoms with E-state index in [1.54, 1.807) is 0 Å². The zero-order valence-corrected chi connectivity index (χ0v) is 10.8. The maximum Gasteiger partial charge on any atom is 0.418 e. The van der Waals surface area contributed by atoms with Crippen LogP contribution in [0.5, 0.6) is 0 Å². The lowest BCUT2D eigenvalue weighted by atomic mass is 10.1. The van der Waals surface area contributed by atoms with Gasteiger partial charge in [-0.3, -0.25) is 4.79 Å². The van der Waals surface area contributed by atoms with E-state index < -0.39 is 11.7 Å². The SMILES string of the molecule is Nc1ccc(NC(=O)C2CCCS2)cc1C(F)(F)F. The molecule has 1 aromatic rings. The molecule has 0 saturated carbocycles. The number of thioether (sulfide) groups is 1. The Morgan fingerprint density at radius 1 is 1.42 bits per heavy atom. The molecule has 1 amide bonds. The van der Waals surface area contributed by atoms with Crippen LogP contribution in [0.1, 0.15) is 18.4 Å². The Hall–Kier alpha value is -1.37. The minimum Gasteiger partial charge on any atom is -0.398 e. The van der Waals surface area contributed by atoms with Gasteiger partial charge < -0.3 is 11.1 Å². The van der Waals surface area contributed by atoms with Gasteiger partial charge in [-0.15, -0.1) is 11.8 Å². The zero-order chi connectivity index (χ0) is 14.0. The predicted octanol–water partition coefficient (Wildman–Crippen LogP) is 3.12. The van der Waals surface area contributed by atoms with Crippen LogP contribution in [0.15, 0.2) is 18.2 Å². The molecular formula is C12H13F3N2OS. The highest BCUT2D eigenvalue weighted by molar-refractivity contribution is 8.00. The van der Waals surface area contributed by atoms with E-state index in [1.165, 1.54) is 17.8 Å². The van der Waals surface area contributed by atoms with Gasteiger partial charge in [0, 0.05) is 11.4 Å². The maximum atomic E-state index is 12.7. The molecule has 1 aromatic carbocycles. The molecule has 3 N–H and O–H groups in total. The number of halogens is 3. The van der Waals surface area contributed by atoms with Crippen molar-refractivity contribution in [2.75, 3.05) is 16.8 Å². The number of anilines is 2. The average Bonchev–Trinajstić information content (AvgIpc) is 2.83. The summed E-state index contributed by atoms with van der Waals surface area (Å²) in [5.74, 6) is 0.661. The van der Waals surface area contributed by atoms with Crippen LogP contribution < -0.4 is 11.1 Å². The molecule has 1 aliphatic rings. The summed E-state index contributed by atoms with van der Waals surface area (Å²) < 4.78 is 38.0. The van der Waals surface area contributed by atoms with Crippen LogP contribution in [0.25, 0.3) is 0 Å². The minimum atomic E-state index is -4.52. The molecule has 2 rings (SSSR count). The summed E-state index contributed by atoms with van der Waals surface area (Å²) in [5, 5.41) is 2.33. The standard InChI is InChI=1S/C12H13F3N2OS/c13-12(14,15)8-6-7(3-4-9(8)16)17-11(18)10-2-1-5-19-10/h3-4,6,10H,1-2,5,16H2,(H,17,18). The number of alkyl halides is 3. The van der Waals surface area contributed by atoms with Crippen LogP contribution in [0.3, 0.4) is 0 Å². The van der Waals surface area contributed by atoms with Crippen LogP contribution in [0.2, 0.25) is 0 Å². The minimum absolute atomic E-state index is 0.124. The highest BCUT2D eigenvalue weighted by atomic mass is 32.2. The smallest absolute Gasteiger partial charge is 0.398 e. The molecule has 3 nitrogen and oxygen atoms in total. The van der Waals surface area contributed by atoms with Crippen LogP contribution in [0.4, 0.5) is 24.5 Å². The van der Waals surface area contributed by atoms with Crippen molar-refractivity contribution in [3.8, 4) is 0 Å². The van der Waals surface area contributed by atoms with E-state index >= 15 is 0 Å². The number of amides is 1. The molecule has 0 spiro atoms. The fraction of sp³-hybridized carbons (Fsp3) is 0.417. The Morgan fingerprint density at radius 3 is 2.74 bits per heavy atom. The van der Waals surface area contributed by atoms with Gasteiger partial charge in [-0.25, -0.2) is 0 Å². The van der Waals surface area contributed by atoms with Crippen LogP contribution in [-0.4, -0.2) is 16.9 Å². The molecular weight excluding hydrogens is 277 g/mol. The Kier molecular flexibility index (Phi) is 3.93. The third kappa shape index (κ3) is 3.34. The van der Waals surface area contributed by atoms with Crippen molar-refractivity contribution in [3.05, 3.63) is 23.8 Å². The third-order valence-electron chi connectivity index (χ3n) is 2.85. The number of hydrogen-bond donors (Lipinski definition) is 2. The van der Waals surface area contributed by atoms with Gasteiger partial charge in [-0.05, 0) is 36.8 Å². The van der Waals surface area contributed by atoms with Gasteiger partial charge in [0.1, 0.15) is 0 Å². The summed E-state index contributed by atoms with van der Waals surface area (Å²) >= 11 is 1.52. The highest BCUT2D eigenvalue weighted by Crippen LogP contribution is 2.35. The van der Waals surface area contributed by atoms with Gasteiger partial charge >= 0.3 is 6.18 Å². The van der Waals surface area contributed by atoms with Gasteiger partial charge in [-0.1, -0.05) is 0 Å². The average molecular weight is 290 g/mol. The Bertz CT molecular complexity index is 484. The number of nitrogens with two attached hydrogens (primary N) is 1. The second kappa shape index (κ2) is 5.32. The molecule has 7 heteroatoms. The highest BCUT2D eigenvalue weighted by Gasteiger charge is 2.33. The molecule has 1 fully saturated rings. The van der Waals surface area contributed by atoms with Crippen molar-refractivity contribution >= 4 is 29.0 Å². The normalized spacial score (nSPS) is 19.4. The Morgan fingerprint density at radius 2 is 2.16 bits per heavy atom. The third-order valence-corrected chi connectivity index (χ3v) is 4.22. The first-order valence-corrected chi connectivity index (χ1v) is 6.82. The number of carbonyl (C=O) groups is 1. The monoisotopic (exact) mass is 290 g/mol. The van der Waals surface area contributed by atoms with Gasteiger partial charge in [0.2, 0.25) is 5.91 Å². The molecule has 0 aromatic heterocycles. The largest absolute Gasteiger partial charge is 0.418 e. The summed E-state index contributed by atoms with van der Waals surface area (Å²) in [4.78, 5) is 11.8. The van der Waals surface area contributed by atoms with Crippen LogP contribution >= 0.6 is 11.8 Å². The number of rotatable bonds is 2. The van der Waals surface area contributed by atoms with E-state index in [-0.39, 0.29) is 22.5 Å². The van der Waals surface area contributed by atoms with E-state index in [4.69, 9.17) is 5.73 Å². The molecule has 1 atom stereocenters. The second-order valence-electron chi connectivity index (χ2n) is 4.29. The van der Waals surface area contributed by atoms with Crippen molar-refractivity contribution in [1.29, 1.82) is 0 Å². The molecule has 1 unspecified atom stereocenters. The molecule has 1 aliphatic heterocycles. The molecule has 104 valence electrons. The van der Waals surface area contributed by atoms with Crippen LogP contribution in [0, 0.1) is 0 Å². The molecule has 1 saturated heterocycles. The Balaban J connectivity index is 2.15. The summed E-state index contributed by atoms with van der Waals surface area (Å²) in [6.07, 6.45) is -2.80. The first-order chi connectivity index (χ1) is 8.88. The van der Waals surface area contributed by atoms with E-state index in [9.17, 15) is 18.0 Å². The lowest BCUT2D eigenvalue weighted by molar-refractivity contribution is -0.136. The van der Waals surface area contributed by atoms with Crippen molar-refractivity contribution in [3.63, 3.8) is 0 Å². The fourth-order valence-corrected chi connectivity index (χ4v) is 3.05. The van der Waals surface area contributed by atoms with Gasteiger partial charge in [0.15, 0.2) is 0 Å². The number of benzene rings is 1. The number of hydrogen-bond acceptors (Lipinski definition) is 3. The lowest BCUT2D eigenvalue weighted by Crippen LogP contribution is -2.23. The van der Waals surface area contributed by atoms with Crippen LogP contribution in [-0.2, 0) is 11.0 Å². The lowest BCUT2D eigenvalue weighted by Gasteiger charge is -2.14. The quantitative estimate of drug-likeness (QED) is 0.823. The molecule has 0 radical (unpaired) electrons. The van der Waals surface area contributed by atoms with E-state index in [0.29, 0.717) is 0 Å². The Labute approximate surface area is 112 Å². The van der Waals surface area contributed by atoms with Crippen molar-refractivity contribution < 1.29 is 18.0 Å². The maximum absolute atomic E-state index is 12.7. The summed E-state index contributed by atoms with van der Waals surface area (Å²) in [6, 6.07) is 3.40. The van der Waals surface area contributed by atoms with Gasteiger partial charge in [-0.2, -0.15) is 13.2 Å². The van der Waals surface area contributed by atoms with E-state index in [1.807, 2.05) is 0 Å². The van der Waals surface area contributed by atoms with Crippen molar-refractivity contribution in [2.45, 2.75) is 24.3 Å². The molecule has 0 bridgehead atoms. The number of carbonyl (C=O) groups excluding carboxylic acids is 1. The summed E-state index contributed by atoms with van der Waals surface area (Å²) in [7, 11) is 0. The molecule has 19 heavy (non-hydrogen) atoms. The fourth-order valence-electron chi connectivity index (χ4n) is 1.89. The molecule has 1 heterocycles. The molecule has 0 aliphatic carbocycles. The summed E-state index contributed by atoms with van der Waals surface area (Å²) in [6.45, 7) is 0. The topological polar surface area (TPSA) is 55.1 Å². The zero-order valence-electron chi connectivity index (χ0n) is 9.96. The number of nitrogens with one attached hydrogen (secondary N) is 1. The van der Waals surface area contributed by atoms with Gasteiger partial charge in [0.25, 0.3) is 0 Å². The number of nitrogen functional groups attached to an aromatic ring is 1. The first kappa shape index (κ1) is 14.0. The van der Waals surface area contributed by atoms with Crippen molar-refractivity contribution in [2.24, 2.45) is 0 Å². The van der Waals surface area contributed by atoms with Crippen molar-refractivity contribution in [1.82, 2.24) is 0 Å². The second-order valence-corrected chi connectivity index (χ2v) is 5.60. The van der Waals surface area contributed by atoms with E-state index in [0.717, 1.165) is 30.7 Å².